The second kappa shape index (κ2) is 7.59. The molecule has 1 atom stereocenters. The minimum Gasteiger partial charge on any atom is -0.335 e. The maximum absolute atomic E-state index is 12.9. The van der Waals surface area contributed by atoms with Gasteiger partial charge in [0.05, 0.1) is 16.7 Å². The highest BCUT2D eigenvalue weighted by atomic mass is 16.6. The van der Waals surface area contributed by atoms with Gasteiger partial charge in [0.1, 0.15) is 0 Å². The summed E-state index contributed by atoms with van der Waals surface area (Å²) in [5.41, 5.74) is 1.28. The molecular formula is C20H19N3O5. The summed E-state index contributed by atoms with van der Waals surface area (Å²) in [5, 5.41) is 11.0. The summed E-state index contributed by atoms with van der Waals surface area (Å²) in [7, 11) is 1.60. The summed E-state index contributed by atoms with van der Waals surface area (Å²) in [6, 6.07) is 12.1. The molecule has 2 aromatic rings. The zero-order chi connectivity index (χ0) is 20.4. The van der Waals surface area contributed by atoms with Crippen LogP contribution in [0.5, 0.6) is 0 Å². The number of nitrogens with zero attached hydrogens (tertiary/aromatic N) is 3. The van der Waals surface area contributed by atoms with Crippen molar-refractivity contribution in [2.75, 3.05) is 11.9 Å². The van der Waals surface area contributed by atoms with Gasteiger partial charge in [0.2, 0.25) is 11.8 Å². The van der Waals surface area contributed by atoms with Gasteiger partial charge in [-0.2, -0.15) is 0 Å². The van der Waals surface area contributed by atoms with Gasteiger partial charge in [-0.15, -0.1) is 0 Å². The van der Waals surface area contributed by atoms with Crippen LogP contribution in [0, 0.1) is 10.1 Å². The van der Waals surface area contributed by atoms with Crippen LogP contribution >= 0.6 is 0 Å². The fraction of sp³-hybridized carbons (Fsp3) is 0.250. The lowest BCUT2D eigenvalue weighted by Gasteiger charge is -2.26. The van der Waals surface area contributed by atoms with E-state index in [9.17, 15) is 24.5 Å². The van der Waals surface area contributed by atoms with Crippen molar-refractivity contribution in [3.05, 3.63) is 69.8 Å². The first-order chi connectivity index (χ1) is 13.3. The van der Waals surface area contributed by atoms with Crippen LogP contribution in [0.4, 0.5) is 11.4 Å². The van der Waals surface area contributed by atoms with Crippen LogP contribution in [0.3, 0.4) is 0 Å². The van der Waals surface area contributed by atoms with E-state index in [1.807, 2.05) is 0 Å². The Kier molecular flexibility index (Phi) is 5.21. The third-order valence-electron chi connectivity index (χ3n) is 4.87. The van der Waals surface area contributed by atoms with Gasteiger partial charge in [0.15, 0.2) is 0 Å². The molecule has 0 bridgehead atoms. The predicted octanol–water partition coefficient (Wildman–Crippen LogP) is 3.08. The molecule has 144 valence electrons. The molecule has 0 unspecified atom stereocenters. The van der Waals surface area contributed by atoms with E-state index < -0.39 is 11.0 Å². The second-order valence-electron chi connectivity index (χ2n) is 6.62. The molecule has 0 aliphatic carbocycles. The van der Waals surface area contributed by atoms with Crippen molar-refractivity contribution < 1.29 is 19.3 Å². The standard InChI is InChI=1S/C20H19N3O5/c1-13(14-5-3-8-17(11-14)23(27)28)21(2)20(26)15-6-4-7-16(12-15)22-18(24)9-10-19(22)25/h3-8,11-13H,9-10H2,1-2H3/t13-/m1/s1. The van der Waals surface area contributed by atoms with E-state index >= 15 is 0 Å². The minimum atomic E-state index is -0.481. The number of hydrogen-bond donors (Lipinski definition) is 0. The number of benzene rings is 2. The summed E-state index contributed by atoms with van der Waals surface area (Å²) in [4.78, 5) is 49.8. The first kappa shape index (κ1) is 19.2. The molecule has 0 N–H and O–H groups in total. The molecule has 0 aromatic heterocycles. The first-order valence-corrected chi connectivity index (χ1v) is 8.77. The average molecular weight is 381 g/mol. The van der Waals surface area contributed by atoms with Crippen LogP contribution in [-0.4, -0.2) is 34.6 Å². The number of imide groups is 1. The Morgan fingerprint density at radius 1 is 1.11 bits per heavy atom. The summed E-state index contributed by atoms with van der Waals surface area (Å²) in [5.74, 6) is -0.888. The van der Waals surface area contributed by atoms with Crippen LogP contribution in [-0.2, 0) is 9.59 Å². The zero-order valence-corrected chi connectivity index (χ0v) is 15.5. The number of carbonyl (C=O) groups excluding carboxylic acids is 3. The highest BCUT2D eigenvalue weighted by Gasteiger charge is 2.31. The van der Waals surface area contributed by atoms with Gasteiger partial charge in [-0.05, 0) is 30.7 Å². The van der Waals surface area contributed by atoms with Gasteiger partial charge in [0, 0.05) is 37.6 Å². The summed E-state index contributed by atoms with van der Waals surface area (Å²) < 4.78 is 0. The maximum Gasteiger partial charge on any atom is 0.269 e. The van der Waals surface area contributed by atoms with E-state index in [2.05, 4.69) is 0 Å². The molecule has 2 aromatic carbocycles. The van der Waals surface area contributed by atoms with Gasteiger partial charge < -0.3 is 4.90 Å². The lowest BCUT2D eigenvalue weighted by molar-refractivity contribution is -0.384. The molecular weight excluding hydrogens is 362 g/mol. The van der Waals surface area contributed by atoms with E-state index in [-0.39, 0.29) is 36.3 Å². The number of hydrogen-bond acceptors (Lipinski definition) is 5. The fourth-order valence-electron chi connectivity index (χ4n) is 3.14. The quantitative estimate of drug-likeness (QED) is 0.450. The SMILES string of the molecule is C[C@H](c1cccc([N+](=O)[O-])c1)N(C)C(=O)c1cccc(N2C(=O)CCC2=O)c1. The average Bonchev–Trinajstić information content (AvgIpc) is 3.04. The van der Waals surface area contributed by atoms with Crippen LogP contribution in [0.2, 0.25) is 0 Å². The monoisotopic (exact) mass is 381 g/mol. The smallest absolute Gasteiger partial charge is 0.269 e. The molecule has 3 rings (SSSR count). The first-order valence-electron chi connectivity index (χ1n) is 8.77. The fourth-order valence-corrected chi connectivity index (χ4v) is 3.14. The number of rotatable bonds is 5. The van der Waals surface area contributed by atoms with E-state index in [1.54, 1.807) is 44.3 Å². The molecule has 3 amide bonds. The van der Waals surface area contributed by atoms with E-state index in [4.69, 9.17) is 0 Å². The molecule has 1 aliphatic heterocycles. The number of nitro groups is 1. The van der Waals surface area contributed by atoms with E-state index in [0.717, 1.165) is 4.90 Å². The molecule has 0 radical (unpaired) electrons. The van der Waals surface area contributed by atoms with Crippen molar-refractivity contribution in [2.24, 2.45) is 0 Å². The van der Waals surface area contributed by atoms with Crippen LogP contribution in [0.25, 0.3) is 0 Å². The lowest BCUT2D eigenvalue weighted by Crippen LogP contribution is -2.31. The Bertz CT molecular complexity index is 956. The highest BCUT2D eigenvalue weighted by molar-refractivity contribution is 6.20. The Morgan fingerprint density at radius 2 is 1.75 bits per heavy atom. The normalized spacial score (nSPS) is 14.9. The number of non-ortho nitro benzene ring substituents is 1. The molecule has 8 nitrogen and oxygen atoms in total. The van der Waals surface area contributed by atoms with Crippen LogP contribution in [0.1, 0.15) is 41.7 Å². The van der Waals surface area contributed by atoms with Crippen molar-refractivity contribution >= 4 is 29.1 Å². The Hall–Kier alpha value is -3.55. The summed E-state index contributed by atoms with van der Waals surface area (Å²) in [6.45, 7) is 1.77. The van der Waals surface area contributed by atoms with Gasteiger partial charge in [-0.3, -0.25) is 29.4 Å². The summed E-state index contributed by atoms with van der Waals surface area (Å²) >= 11 is 0. The van der Waals surface area contributed by atoms with Crippen molar-refractivity contribution in [1.29, 1.82) is 0 Å². The van der Waals surface area contributed by atoms with Gasteiger partial charge in [0.25, 0.3) is 11.6 Å². The number of amides is 3. The van der Waals surface area contributed by atoms with Crippen LogP contribution in [0.15, 0.2) is 48.5 Å². The van der Waals surface area contributed by atoms with Crippen molar-refractivity contribution in [3.63, 3.8) is 0 Å². The van der Waals surface area contributed by atoms with Gasteiger partial charge in [-0.25, -0.2) is 0 Å². The second-order valence-corrected chi connectivity index (χ2v) is 6.62. The Morgan fingerprint density at radius 3 is 2.39 bits per heavy atom. The zero-order valence-electron chi connectivity index (χ0n) is 15.5. The highest BCUT2D eigenvalue weighted by Crippen LogP contribution is 2.27. The number of carbonyl (C=O) groups is 3. The third-order valence-corrected chi connectivity index (χ3v) is 4.87. The maximum atomic E-state index is 12.9. The molecule has 8 heteroatoms. The van der Waals surface area contributed by atoms with Crippen LogP contribution < -0.4 is 4.90 Å². The molecule has 1 saturated heterocycles. The molecule has 0 saturated carbocycles. The van der Waals surface area contributed by atoms with E-state index in [1.165, 1.54) is 23.1 Å². The largest absolute Gasteiger partial charge is 0.335 e. The Balaban J connectivity index is 1.84. The molecule has 1 fully saturated rings. The molecule has 0 spiro atoms. The molecule has 28 heavy (non-hydrogen) atoms. The van der Waals surface area contributed by atoms with Crippen molar-refractivity contribution in [2.45, 2.75) is 25.8 Å². The number of anilines is 1. The van der Waals surface area contributed by atoms with Crippen molar-refractivity contribution in [1.82, 2.24) is 4.90 Å². The molecule has 1 heterocycles. The number of nitro benzene ring substituents is 1. The Labute approximate surface area is 161 Å². The topological polar surface area (TPSA) is 101 Å². The minimum absolute atomic E-state index is 0.0433. The van der Waals surface area contributed by atoms with Gasteiger partial charge in [-0.1, -0.05) is 18.2 Å². The predicted molar refractivity (Wildman–Crippen MR) is 102 cm³/mol. The third kappa shape index (κ3) is 3.62. The van der Waals surface area contributed by atoms with Gasteiger partial charge >= 0.3 is 0 Å². The molecule has 1 aliphatic rings. The van der Waals surface area contributed by atoms with E-state index in [0.29, 0.717) is 16.8 Å². The van der Waals surface area contributed by atoms with Crippen molar-refractivity contribution in [3.8, 4) is 0 Å². The lowest BCUT2D eigenvalue weighted by atomic mass is 10.1. The summed E-state index contributed by atoms with van der Waals surface area (Å²) in [6.07, 6.45) is 0.335.